The van der Waals surface area contributed by atoms with Crippen LogP contribution in [-0.2, 0) is 14.3 Å². The van der Waals surface area contributed by atoms with Gasteiger partial charge in [0.2, 0.25) is 5.91 Å². The zero-order valence-electron chi connectivity index (χ0n) is 11.1. The Balaban J connectivity index is 2.02. The number of esters is 1. The summed E-state index contributed by atoms with van der Waals surface area (Å²) in [6, 6.07) is 11.2. The van der Waals surface area contributed by atoms with Gasteiger partial charge in [-0.2, -0.15) is 5.10 Å². The fraction of sp³-hybridized carbons (Fsp3) is 0.214. The van der Waals surface area contributed by atoms with Gasteiger partial charge in [0, 0.05) is 12.5 Å². The van der Waals surface area contributed by atoms with Crippen LogP contribution in [0.1, 0.15) is 12.8 Å². The summed E-state index contributed by atoms with van der Waals surface area (Å²) in [7, 11) is 1.30. The third kappa shape index (κ3) is 3.44. The first-order valence-corrected chi connectivity index (χ1v) is 6.17. The molecule has 0 bridgehead atoms. The maximum Gasteiger partial charge on any atom is 0.306 e. The summed E-state index contributed by atoms with van der Waals surface area (Å²) < 4.78 is 6.11. The molecule has 0 aliphatic carbocycles. The Morgan fingerprint density at radius 2 is 1.95 bits per heavy atom. The number of methoxy groups -OCH3 is 1. The molecule has 0 fully saturated rings. The number of nitrogens with one attached hydrogen (secondary N) is 1. The van der Waals surface area contributed by atoms with Crippen LogP contribution in [0.4, 0.5) is 5.82 Å². The maximum absolute atomic E-state index is 11.8. The van der Waals surface area contributed by atoms with Crippen molar-refractivity contribution in [1.29, 1.82) is 0 Å². The molecule has 0 saturated heterocycles. The van der Waals surface area contributed by atoms with Gasteiger partial charge in [0.15, 0.2) is 0 Å². The average Bonchev–Trinajstić information content (AvgIpc) is 2.93. The highest BCUT2D eigenvalue weighted by Crippen LogP contribution is 2.14. The molecule has 0 aliphatic rings. The molecular formula is C14H15N3O3. The van der Waals surface area contributed by atoms with Crippen molar-refractivity contribution in [2.45, 2.75) is 12.8 Å². The molecule has 0 saturated carbocycles. The van der Waals surface area contributed by atoms with Crippen molar-refractivity contribution in [2.75, 3.05) is 12.4 Å². The van der Waals surface area contributed by atoms with Crippen molar-refractivity contribution >= 4 is 17.7 Å². The summed E-state index contributed by atoms with van der Waals surface area (Å²) in [6.07, 6.45) is 1.73. The van der Waals surface area contributed by atoms with Crippen LogP contribution in [0.5, 0.6) is 0 Å². The lowest BCUT2D eigenvalue weighted by Gasteiger charge is -2.08. The molecule has 0 aliphatic heterocycles. The summed E-state index contributed by atoms with van der Waals surface area (Å²) in [6.45, 7) is 0. The minimum atomic E-state index is -0.406. The number of anilines is 1. The predicted molar refractivity (Wildman–Crippen MR) is 73.4 cm³/mol. The number of carbonyl (C=O) groups is 2. The lowest BCUT2D eigenvalue weighted by Crippen LogP contribution is -2.16. The summed E-state index contributed by atoms with van der Waals surface area (Å²) in [5, 5.41) is 6.88. The largest absolute Gasteiger partial charge is 0.469 e. The van der Waals surface area contributed by atoms with Crippen LogP contribution in [0.25, 0.3) is 5.69 Å². The quantitative estimate of drug-likeness (QED) is 0.842. The van der Waals surface area contributed by atoms with Crippen LogP contribution in [-0.4, -0.2) is 28.8 Å². The van der Waals surface area contributed by atoms with E-state index in [1.165, 1.54) is 7.11 Å². The number of amides is 1. The Bertz CT molecular complexity index is 593. The Labute approximate surface area is 116 Å². The standard InChI is InChI=1S/C14H15N3O3/c1-20-14(19)8-7-13(18)16-12-9-10-15-17(12)11-5-3-2-4-6-11/h2-6,9-10H,7-8H2,1H3,(H,16,18). The molecule has 0 spiro atoms. The minimum Gasteiger partial charge on any atom is -0.469 e. The molecule has 1 heterocycles. The second-order valence-corrected chi connectivity index (χ2v) is 4.09. The van der Waals surface area contributed by atoms with Crippen molar-refractivity contribution in [3.63, 3.8) is 0 Å². The third-order valence-corrected chi connectivity index (χ3v) is 2.69. The molecule has 0 atom stereocenters. The Kier molecular flexibility index (Phi) is 4.49. The van der Waals surface area contributed by atoms with E-state index in [9.17, 15) is 9.59 Å². The first-order chi connectivity index (χ1) is 9.70. The highest BCUT2D eigenvalue weighted by atomic mass is 16.5. The molecule has 104 valence electrons. The topological polar surface area (TPSA) is 73.2 Å². The molecule has 2 rings (SSSR count). The first-order valence-electron chi connectivity index (χ1n) is 6.17. The van der Waals surface area contributed by atoms with E-state index in [4.69, 9.17) is 0 Å². The number of benzene rings is 1. The van der Waals surface area contributed by atoms with Crippen molar-refractivity contribution in [1.82, 2.24) is 9.78 Å². The van der Waals surface area contributed by atoms with E-state index in [1.807, 2.05) is 30.3 Å². The first kappa shape index (κ1) is 13.8. The molecule has 2 aromatic rings. The van der Waals surface area contributed by atoms with E-state index >= 15 is 0 Å². The summed E-state index contributed by atoms with van der Waals surface area (Å²) >= 11 is 0. The van der Waals surface area contributed by atoms with E-state index in [0.717, 1.165) is 5.69 Å². The van der Waals surface area contributed by atoms with Crippen LogP contribution in [0, 0.1) is 0 Å². The molecule has 1 N–H and O–H groups in total. The zero-order chi connectivity index (χ0) is 14.4. The number of ether oxygens (including phenoxy) is 1. The minimum absolute atomic E-state index is 0.0573. The van der Waals surface area contributed by atoms with E-state index in [2.05, 4.69) is 15.2 Å². The highest BCUT2D eigenvalue weighted by molar-refractivity contribution is 5.92. The number of carbonyl (C=O) groups excluding carboxylic acids is 2. The normalized spacial score (nSPS) is 10.1. The number of hydrogen-bond donors (Lipinski definition) is 1. The van der Waals surface area contributed by atoms with Gasteiger partial charge < -0.3 is 10.1 Å². The van der Waals surface area contributed by atoms with Crippen LogP contribution in [0.15, 0.2) is 42.6 Å². The van der Waals surface area contributed by atoms with E-state index < -0.39 is 5.97 Å². The average molecular weight is 273 g/mol. The second-order valence-electron chi connectivity index (χ2n) is 4.09. The van der Waals surface area contributed by atoms with Crippen molar-refractivity contribution in [3.05, 3.63) is 42.6 Å². The lowest BCUT2D eigenvalue weighted by atomic mass is 10.3. The van der Waals surface area contributed by atoms with Gasteiger partial charge in [-0.25, -0.2) is 4.68 Å². The monoisotopic (exact) mass is 273 g/mol. The van der Waals surface area contributed by atoms with Crippen LogP contribution < -0.4 is 5.32 Å². The van der Waals surface area contributed by atoms with Gasteiger partial charge in [-0.3, -0.25) is 9.59 Å². The summed E-state index contributed by atoms with van der Waals surface area (Å²) in [5.41, 5.74) is 0.848. The fourth-order valence-electron chi connectivity index (χ4n) is 1.70. The van der Waals surface area contributed by atoms with Gasteiger partial charge in [-0.1, -0.05) is 18.2 Å². The SMILES string of the molecule is COC(=O)CCC(=O)Nc1ccnn1-c1ccccc1. The number of rotatable bonds is 5. The fourth-order valence-corrected chi connectivity index (χ4v) is 1.70. The van der Waals surface area contributed by atoms with Crippen molar-refractivity contribution < 1.29 is 14.3 Å². The van der Waals surface area contributed by atoms with Gasteiger partial charge in [0.05, 0.1) is 25.4 Å². The second kappa shape index (κ2) is 6.51. The van der Waals surface area contributed by atoms with Crippen LogP contribution >= 0.6 is 0 Å². The number of aromatic nitrogens is 2. The maximum atomic E-state index is 11.8. The summed E-state index contributed by atoms with van der Waals surface area (Å²) in [5.74, 6) is -0.101. The Hall–Kier alpha value is -2.63. The van der Waals surface area contributed by atoms with Crippen LogP contribution in [0.2, 0.25) is 0 Å². The van der Waals surface area contributed by atoms with Crippen LogP contribution in [0.3, 0.4) is 0 Å². The molecule has 6 nitrogen and oxygen atoms in total. The van der Waals surface area contributed by atoms with Crippen molar-refractivity contribution in [2.24, 2.45) is 0 Å². The third-order valence-electron chi connectivity index (χ3n) is 2.69. The number of hydrogen-bond acceptors (Lipinski definition) is 4. The van der Waals surface area contributed by atoms with Gasteiger partial charge in [-0.15, -0.1) is 0 Å². The highest BCUT2D eigenvalue weighted by Gasteiger charge is 2.10. The number of para-hydroxylation sites is 1. The molecule has 1 aromatic heterocycles. The molecule has 0 radical (unpaired) electrons. The van der Waals surface area contributed by atoms with Gasteiger partial charge in [0.25, 0.3) is 0 Å². The van der Waals surface area contributed by atoms with Gasteiger partial charge in [-0.05, 0) is 12.1 Å². The molecule has 6 heteroatoms. The predicted octanol–water partition coefficient (Wildman–Crippen LogP) is 1.76. The molecule has 1 amide bonds. The lowest BCUT2D eigenvalue weighted by molar-refractivity contribution is -0.141. The van der Waals surface area contributed by atoms with Gasteiger partial charge >= 0.3 is 5.97 Å². The van der Waals surface area contributed by atoms with E-state index in [0.29, 0.717) is 5.82 Å². The Morgan fingerprint density at radius 3 is 2.65 bits per heavy atom. The molecule has 20 heavy (non-hydrogen) atoms. The Morgan fingerprint density at radius 1 is 1.20 bits per heavy atom. The molecular weight excluding hydrogens is 258 g/mol. The molecule has 0 unspecified atom stereocenters. The van der Waals surface area contributed by atoms with Gasteiger partial charge in [0.1, 0.15) is 5.82 Å². The van der Waals surface area contributed by atoms with E-state index in [-0.39, 0.29) is 18.7 Å². The molecule has 1 aromatic carbocycles. The number of nitrogens with zero attached hydrogens (tertiary/aromatic N) is 2. The van der Waals surface area contributed by atoms with Crippen molar-refractivity contribution in [3.8, 4) is 5.69 Å². The smallest absolute Gasteiger partial charge is 0.306 e. The van der Waals surface area contributed by atoms with E-state index in [1.54, 1.807) is 16.9 Å². The zero-order valence-corrected chi connectivity index (χ0v) is 11.1. The summed E-state index contributed by atoms with van der Waals surface area (Å²) in [4.78, 5) is 22.7.